The Bertz CT molecular complexity index is 1570. The van der Waals surface area contributed by atoms with Crippen molar-refractivity contribution < 1.29 is 22.0 Å². The fourth-order valence-corrected chi connectivity index (χ4v) is 6.93. The van der Waals surface area contributed by atoms with E-state index in [-0.39, 0.29) is 17.7 Å². The molecule has 0 spiro atoms. The Labute approximate surface area is 244 Å². The summed E-state index contributed by atoms with van der Waals surface area (Å²) in [6, 6.07) is 6.90. The average molecular weight is 602 g/mol. The van der Waals surface area contributed by atoms with E-state index < -0.39 is 34.1 Å². The van der Waals surface area contributed by atoms with Crippen LogP contribution in [0, 0.1) is 5.82 Å². The highest BCUT2D eigenvalue weighted by Crippen LogP contribution is 2.45. The second-order valence-electron chi connectivity index (χ2n) is 11.7. The van der Waals surface area contributed by atoms with Crippen molar-refractivity contribution in [1.82, 2.24) is 34.0 Å². The first-order valence-electron chi connectivity index (χ1n) is 14.7. The Hall–Kier alpha value is -3.00. The minimum Gasteiger partial charge on any atom is -0.317 e. The lowest BCUT2D eigenvalue weighted by molar-refractivity contribution is 0.0203. The summed E-state index contributed by atoms with van der Waals surface area (Å²) in [6.07, 6.45) is 4.61. The van der Waals surface area contributed by atoms with Crippen LogP contribution in [0.4, 0.5) is 8.78 Å². The van der Waals surface area contributed by atoms with E-state index in [1.165, 1.54) is 26.2 Å². The standard InChI is InChI=1S/C29H37F2N7O3S/c1-36(2)42(40,41)35-29(39)24-17-22(27-23(31)7-4-16-37(27)20-12-14-32-15-13-20)25-26(18-5-3-6-18)34-38(28(25)33-24)21-10-8-19(30)9-11-21/h8-11,17-18,20,23,27,32H,3-7,12-16H2,1-2H3,(H,35,39). The maximum atomic E-state index is 16.2. The van der Waals surface area contributed by atoms with Gasteiger partial charge >= 0.3 is 10.2 Å². The van der Waals surface area contributed by atoms with E-state index in [2.05, 4.69) is 19.9 Å². The molecule has 1 aromatic carbocycles. The van der Waals surface area contributed by atoms with Crippen molar-refractivity contribution in [3.63, 3.8) is 0 Å². The Morgan fingerprint density at radius 2 is 1.79 bits per heavy atom. The van der Waals surface area contributed by atoms with Crippen LogP contribution in [0.15, 0.2) is 30.3 Å². The Kier molecular flexibility index (Phi) is 8.03. The van der Waals surface area contributed by atoms with E-state index in [0.717, 1.165) is 68.2 Å². The zero-order chi connectivity index (χ0) is 29.6. The van der Waals surface area contributed by atoms with Gasteiger partial charge in [0.05, 0.1) is 17.4 Å². The number of nitrogens with one attached hydrogen (secondary N) is 2. The van der Waals surface area contributed by atoms with Crippen molar-refractivity contribution in [2.45, 2.75) is 69.1 Å². The normalized spacial score (nSPS) is 22.9. The van der Waals surface area contributed by atoms with Gasteiger partial charge in [-0.05, 0) is 94.1 Å². The summed E-state index contributed by atoms with van der Waals surface area (Å²) in [4.78, 5) is 20.3. The third kappa shape index (κ3) is 5.43. The molecule has 1 aliphatic carbocycles. The maximum absolute atomic E-state index is 16.2. The number of alkyl halides is 1. The number of rotatable bonds is 7. The topological polar surface area (TPSA) is 112 Å². The van der Waals surface area contributed by atoms with Crippen molar-refractivity contribution in [3.8, 4) is 5.69 Å². The molecule has 4 heterocycles. The molecule has 2 unspecified atom stereocenters. The lowest BCUT2D eigenvalue weighted by atomic mass is 9.80. The molecular weight excluding hydrogens is 564 g/mol. The molecule has 3 aromatic rings. The number of piperidine rings is 2. The molecule has 0 bridgehead atoms. The summed E-state index contributed by atoms with van der Waals surface area (Å²) in [7, 11) is -1.47. The number of nitrogens with zero attached hydrogens (tertiary/aromatic N) is 5. The van der Waals surface area contributed by atoms with Gasteiger partial charge in [-0.1, -0.05) is 6.42 Å². The van der Waals surface area contributed by atoms with Gasteiger partial charge in [0.2, 0.25) is 0 Å². The maximum Gasteiger partial charge on any atom is 0.303 e. The molecule has 6 rings (SSSR count). The molecule has 1 saturated carbocycles. The SMILES string of the molecule is CN(C)S(=O)(=O)NC(=O)c1cc(C2C(F)CCCN2C2CCNCC2)c2c(C3CCC3)nn(-c3ccc(F)cc3)c2n1. The van der Waals surface area contributed by atoms with Gasteiger partial charge in [0.15, 0.2) is 5.65 Å². The second kappa shape index (κ2) is 11.6. The second-order valence-corrected chi connectivity index (χ2v) is 13.6. The fraction of sp³-hybridized carbons (Fsp3) is 0.552. The Morgan fingerprint density at radius 3 is 2.43 bits per heavy atom. The molecule has 0 radical (unpaired) electrons. The van der Waals surface area contributed by atoms with Gasteiger partial charge in [-0.2, -0.15) is 17.8 Å². The average Bonchev–Trinajstić information content (AvgIpc) is 3.31. The van der Waals surface area contributed by atoms with Gasteiger partial charge in [0.25, 0.3) is 5.91 Å². The molecule has 3 fully saturated rings. The van der Waals surface area contributed by atoms with Crippen molar-refractivity contribution in [3.05, 3.63) is 53.1 Å². The Balaban J connectivity index is 1.58. The first-order chi connectivity index (χ1) is 20.1. The molecule has 13 heteroatoms. The number of fused-ring (bicyclic) bond motifs is 1. The minimum absolute atomic E-state index is 0.144. The van der Waals surface area contributed by atoms with E-state index in [0.29, 0.717) is 28.7 Å². The summed E-state index contributed by atoms with van der Waals surface area (Å²) in [5.41, 5.74) is 2.12. The molecule has 2 saturated heterocycles. The molecular formula is C29H37F2N7O3S. The summed E-state index contributed by atoms with van der Waals surface area (Å²) >= 11 is 0. The van der Waals surface area contributed by atoms with Crippen LogP contribution in [0.5, 0.6) is 0 Å². The van der Waals surface area contributed by atoms with Crippen molar-refractivity contribution in [2.75, 3.05) is 33.7 Å². The number of carbonyl (C=O) groups is 1. The number of pyridine rings is 1. The fourth-order valence-electron chi connectivity index (χ4n) is 6.41. The quantitative estimate of drug-likeness (QED) is 0.426. The molecule has 3 aliphatic rings. The molecule has 226 valence electrons. The predicted octanol–water partition coefficient (Wildman–Crippen LogP) is 3.59. The number of likely N-dealkylation sites (tertiary alicyclic amines) is 1. The molecule has 1 amide bonds. The van der Waals surface area contributed by atoms with E-state index >= 15 is 4.39 Å². The Morgan fingerprint density at radius 1 is 1.07 bits per heavy atom. The summed E-state index contributed by atoms with van der Waals surface area (Å²) in [5.74, 6) is -1.17. The van der Waals surface area contributed by atoms with Crippen molar-refractivity contribution >= 4 is 27.1 Å². The molecule has 10 nitrogen and oxygen atoms in total. The largest absolute Gasteiger partial charge is 0.317 e. The van der Waals surface area contributed by atoms with Crippen LogP contribution in [0.1, 0.15) is 78.7 Å². The monoisotopic (exact) mass is 601 g/mol. The zero-order valence-electron chi connectivity index (χ0n) is 23.9. The molecule has 42 heavy (non-hydrogen) atoms. The number of halogens is 2. The number of carbonyl (C=O) groups excluding carboxylic acids is 1. The number of aromatic nitrogens is 3. The lowest BCUT2D eigenvalue weighted by Gasteiger charge is -2.45. The summed E-state index contributed by atoms with van der Waals surface area (Å²) in [5, 5.41) is 9.04. The highest BCUT2D eigenvalue weighted by molar-refractivity contribution is 7.87. The van der Waals surface area contributed by atoms with E-state index in [1.54, 1.807) is 22.9 Å². The van der Waals surface area contributed by atoms with E-state index in [9.17, 15) is 17.6 Å². The highest BCUT2D eigenvalue weighted by Gasteiger charge is 2.40. The van der Waals surface area contributed by atoms with E-state index in [1.807, 2.05) is 0 Å². The highest BCUT2D eigenvalue weighted by atomic mass is 32.2. The predicted molar refractivity (Wildman–Crippen MR) is 155 cm³/mol. The van der Waals surface area contributed by atoms with Gasteiger partial charge < -0.3 is 5.32 Å². The van der Waals surface area contributed by atoms with Gasteiger partial charge in [-0.3, -0.25) is 9.69 Å². The summed E-state index contributed by atoms with van der Waals surface area (Å²) in [6.45, 7) is 2.42. The number of benzene rings is 1. The van der Waals surface area contributed by atoms with Crippen LogP contribution in [-0.4, -0.2) is 84.2 Å². The zero-order valence-corrected chi connectivity index (χ0v) is 24.7. The van der Waals surface area contributed by atoms with Crippen molar-refractivity contribution in [2.24, 2.45) is 0 Å². The van der Waals surface area contributed by atoms with Crippen LogP contribution >= 0.6 is 0 Å². The van der Waals surface area contributed by atoms with Gasteiger partial charge in [0, 0.05) is 31.4 Å². The first kappa shape index (κ1) is 29.1. The molecule has 2 aliphatic heterocycles. The van der Waals surface area contributed by atoms with Crippen LogP contribution in [0.2, 0.25) is 0 Å². The van der Waals surface area contributed by atoms with Crippen LogP contribution in [-0.2, 0) is 10.2 Å². The van der Waals surface area contributed by atoms with Crippen molar-refractivity contribution in [1.29, 1.82) is 0 Å². The van der Waals surface area contributed by atoms with Gasteiger partial charge in [0.1, 0.15) is 17.7 Å². The first-order valence-corrected chi connectivity index (χ1v) is 16.1. The minimum atomic E-state index is -4.11. The molecule has 2 aromatic heterocycles. The van der Waals surface area contributed by atoms with Gasteiger partial charge in [-0.15, -0.1) is 0 Å². The number of hydrogen-bond acceptors (Lipinski definition) is 7. The van der Waals surface area contributed by atoms with E-state index in [4.69, 9.17) is 5.10 Å². The van der Waals surface area contributed by atoms with Crippen LogP contribution in [0.3, 0.4) is 0 Å². The summed E-state index contributed by atoms with van der Waals surface area (Å²) < 4.78 is 59.8. The number of amides is 1. The third-order valence-corrected chi connectivity index (χ3v) is 10.3. The molecule has 2 atom stereocenters. The van der Waals surface area contributed by atoms with Gasteiger partial charge in [-0.25, -0.2) is 23.2 Å². The lowest BCUT2D eigenvalue weighted by Crippen LogP contribution is -2.50. The van der Waals surface area contributed by atoms with Crippen LogP contribution in [0.25, 0.3) is 16.7 Å². The smallest absolute Gasteiger partial charge is 0.303 e. The number of hydrogen-bond donors (Lipinski definition) is 2. The molecule has 2 N–H and O–H groups in total. The third-order valence-electron chi connectivity index (χ3n) is 8.89. The van der Waals surface area contributed by atoms with Crippen LogP contribution < -0.4 is 10.0 Å².